The molecule has 0 unspecified atom stereocenters. The summed E-state index contributed by atoms with van der Waals surface area (Å²) < 4.78 is 19.1. The van der Waals surface area contributed by atoms with E-state index in [2.05, 4.69) is 15.5 Å². The Balaban J connectivity index is 1.59. The number of hydrogen-bond donors (Lipinski definition) is 1. The molecule has 0 saturated heterocycles. The van der Waals surface area contributed by atoms with Gasteiger partial charge >= 0.3 is 0 Å². The van der Waals surface area contributed by atoms with Crippen molar-refractivity contribution in [3.05, 3.63) is 65.8 Å². The fourth-order valence-corrected chi connectivity index (χ4v) is 2.36. The molecule has 2 aromatic carbocycles. The van der Waals surface area contributed by atoms with Crippen LogP contribution in [0.3, 0.4) is 0 Å². The van der Waals surface area contributed by atoms with Crippen molar-refractivity contribution in [2.24, 2.45) is 0 Å². The highest BCUT2D eigenvalue weighted by molar-refractivity contribution is 5.97. The number of nitrogens with zero attached hydrogens (tertiary/aromatic N) is 2. The number of rotatable bonds is 6. The number of carbonyl (C=O) groups is 2. The number of hydrogen-bond acceptors (Lipinski definition) is 5. The molecule has 0 saturated carbocycles. The Morgan fingerprint density at radius 3 is 2.69 bits per heavy atom. The Morgan fingerprint density at radius 1 is 1.12 bits per heavy atom. The number of Topliss-reactive ketones (excluding diaryl/α,β-unsaturated/α-hetero) is 1. The van der Waals surface area contributed by atoms with Crippen LogP contribution in [-0.2, 0) is 11.2 Å². The van der Waals surface area contributed by atoms with E-state index in [9.17, 15) is 14.0 Å². The Morgan fingerprint density at radius 2 is 1.92 bits per heavy atom. The van der Waals surface area contributed by atoms with E-state index in [1.54, 1.807) is 42.5 Å². The number of benzene rings is 2. The minimum absolute atomic E-state index is 0.0763. The molecule has 0 aliphatic heterocycles. The average molecular weight is 353 g/mol. The van der Waals surface area contributed by atoms with Crippen LogP contribution < -0.4 is 5.32 Å². The van der Waals surface area contributed by atoms with Crippen LogP contribution in [0.5, 0.6) is 0 Å². The summed E-state index contributed by atoms with van der Waals surface area (Å²) in [5, 5.41) is 10.4. The maximum absolute atomic E-state index is 13.7. The molecule has 7 heteroatoms. The first-order chi connectivity index (χ1) is 12.5. The highest BCUT2D eigenvalue weighted by Gasteiger charge is 2.13. The first-order valence-electron chi connectivity index (χ1n) is 8.01. The quantitative estimate of drug-likeness (QED) is 0.684. The van der Waals surface area contributed by atoms with Crippen LogP contribution in [0.4, 0.5) is 10.1 Å². The molecule has 0 spiro atoms. The Labute approximate surface area is 149 Å². The summed E-state index contributed by atoms with van der Waals surface area (Å²) in [5.74, 6) is -0.460. The Bertz CT molecular complexity index is 952. The van der Waals surface area contributed by atoms with E-state index < -0.39 is 5.82 Å². The SMILES string of the molecule is CC(=O)c1cccc(NC(=O)CCc2nnc(-c3ccccc3F)o2)c1. The monoisotopic (exact) mass is 353 g/mol. The van der Waals surface area contributed by atoms with Crippen LogP contribution >= 0.6 is 0 Å². The second-order valence-corrected chi connectivity index (χ2v) is 5.67. The van der Waals surface area contributed by atoms with Crippen molar-refractivity contribution >= 4 is 17.4 Å². The van der Waals surface area contributed by atoms with Gasteiger partial charge in [-0.1, -0.05) is 24.3 Å². The van der Waals surface area contributed by atoms with Crippen molar-refractivity contribution < 1.29 is 18.4 Å². The van der Waals surface area contributed by atoms with Crippen molar-refractivity contribution in [1.82, 2.24) is 10.2 Å². The molecule has 0 fully saturated rings. The summed E-state index contributed by atoms with van der Waals surface area (Å²) in [4.78, 5) is 23.4. The lowest BCUT2D eigenvalue weighted by molar-refractivity contribution is -0.116. The third-order valence-corrected chi connectivity index (χ3v) is 3.69. The molecular weight excluding hydrogens is 337 g/mol. The molecular formula is C19H16FN3O3. The predicted molar refractivity (Wildman–Crippen MR) is 93.1 cm³/mol. The molecule has 3 aromatic rings. The second-order valence-electron chi connectivity index (χ2n) is 5.67. The minimum Gasteiger partial charge on any atom is -0.421 e. The maximum Gasteiger partial charge on any atom is 0.250 e. The van der Waals surface area contributed by atoms with Crippen molar-refractivity contribution in [1.29, 1.82) is 0 Å². The minimum atomic E-state index is -0.453. The first kappa shape index (κ1) is 17.5. The van der Waals surface area contributed by atoms with Gasteiger partial charge in [0, 0.05) is 24.1 Å². The van der Waals surface area contributed by atoms with Gasteiger partial charge in [0.25, 0.3) is 5.89 Å². The van der Waals surface area contributed by atoms with Gasteiger partial charge < -0.3 is 9.73 Å². The average Bonchev–Trinajstić information content (AvgIpc) is 3.09. The highest BCUT2D eigenvalue weighted by atomic mass is 19.1. The third-order valence-electron chi connectivity index (χ3n) is 3.69. The van der Waals surface area contributed by atoms with Crippen LogP contribution in [0, 0.1) is 5.82 Å². The molecule has 3 rings (SSSR count). The first-order valence-corrected chi connectivity index (χ1v) is 8.01. The summed E-state index contributed by atoms with van der Waals surface area (Å²) in [5.41, 5.74) is 1.28. The number of anilines is 1. The van der Waals surface area contributed by atoms with Crippen molar-refractivity contribution in [3.8, 4) is 11.5 Å². The lowest BCUT2D eigenvalue weighted by atomic mass is 10.1. The van der Waals surface area contributed by atoms with Crippen LogP contribution in [0.1, 0.15) is 29.6 Å². The molecule has 26 heavy (non-hydrogen) atoms. The van der Waals surface area contributed by atoms with E-state index in [0.717, 1.165) is 0 Å². The molecule has 0 bridgehead atoms. The standard InChI is InChI=1S/C19H16FN3O3/c1-12(24)13-5-4-6-14(11-13)21-17(25)9-10-18-22-23-19(26-18)15-7-2-3-8-16(15)20/h2-8,11H,9-10H2,1H3,(H,21,25). The summed E-state index contributed by atoms with van der Waals surface area (Å²) in [6.07, 6.45) is 0.336. The molecule has 6 nitrogen and oxygen atoms in total. The molecule has 1 N–H and O–H groups in total. The topological polar surface area (TPSA) is 85.1 Å². The van der Waals surface area contributed by atoms with E-state index in [0.29, 0.717) is 11.3 Å². The van der Waals surface area contributed by atoms with E-state index in [-0.39, 0.29) is 41.9 Å². The zero-order valence-corrected chi connectivity index (χ0v) is 14.0. The molecule has 0 aliphatic rings. The number of ketones is 1. The fraction of sp³-hybridized carbons (Fsp3) is 0.158. The van der Waals surface area contributed by atoms with Gasteiger partial charge in [0.1, 0.15) is 5.82 Å². The van der Waals surface area contributed by atoms with Gasteiger partial charge in [0.05, 0.1) is 5.56 Å². The van der Waals surface area contributed by atoms with Crippen LogP contribution in [0.25, 0.3) is 11.5 Å². The highest BCUT2D eigenvalue weighted by Crippen LogP contribution is 2.21. The summed E-state index contributed by atoms with van der Waals surface area (Å²) >= 11 is 0. The Kier molecular flexibility index (Phi) is 5.17. The van der Waals surface area contributed by atoms with E-state index >= 15 is 0 Å². The summed E-state index contributed by atoms with van der Waals surface area (Å²) in [6.45, 7) is 1.46. The molecule has 1 heterocycles. The number of carbonyl (C=O) groups excluding carboxylic acids is 2. The van der Waals surface area contributed by atoms with E-state index in [4.69, 9.17) is 4.42 Å². The summed E-state index contributed by atoms with van der Waals surface area (Å²) in [6, 6.07) is 12.8. The Hall–Kier alpha value is -3.35. The number of nitrogens with one attached hydrogen (secondary N) is 1. The number of amides is 1. The van der Waals surface area contributed by atoms with Gasteiger partial charge in [-0.15, -0.1) is 10.2 Å². The maximum atomic E-state index is 13.7. The van der Waals surface area contributed by atoms with Gasteiger partial charge in [-0.05, 0) is 31.2 Å². The van der Waals surface area contributed by atoms with Crippen LogP contribution in [0.2, 0.25) is 0 Å². The smallest absolute Gasteiger partial charge is 0.250 e. The van der Waals surface area contributed by atoms with Crippen LogP contribution in [0.15, 0.2) is 52.9 Å². The third kappa shape index (κ3) is 4.18. The lowest BCUT2D eigenvalue weighted by Crippen LogP contribution is -2.12. The number of aryl methyl sites for hydroxylation is 1. The lowest BCUT2D eigenvalue weighted by Gasteiger charge is -2.05. The van der Waals surface area contributed by atoms with Gasteiger partial charge in [-0.3, -0.25) is 9.59 Å². The molecule has 0 atom stereocenters. The zero-order chi connectivity index (χ0) is 18.5. The zero-order valence-electron chi connectivity index (χ0n) is 14.0. The second kappa shape index (κ2) is 7.69. The summed E-state index contributed by atoms with van der Waals surface area (Å²) in [7, 11) is 0. The molecule has 1 amide bonds. The van der Waals surface area contributed by atoms with Gasteiger partial charge in [0.15, 0.2) is 5.78 Å². The normalized spacial score (nSPS) is 10.5. The van der Waals surface area contributed by atoms with Gasteiger partial charge in [-0.2, -0.15) is 0 Å². The van der Waals surface area contributed by atoms with Gasteiger partial charge in [0.2, 0.25) is 11.8 Å². The molecule has 132 valence electrons. The molecule has 1 aromatic heterocycles. The van der Waals surface area contributed by atoms with Crippen molar-refractivity contribution in [2.45, 2.75) is 19.8 Å². The van der Waals surface area contributed by atoms with Gasteiger partial charge in [-0.25, -0.2) is 4.39 Å². The van der Waals surface area contributed by atoms with Crippen LogP contribution in [-0.4, -0.2) is 21.9 Å². The predicted octanol–water partition coefficient (Wildman–Crippen LogP) is 3.65. The fourth-order valence-electron chi connectivity index (χ4n) is 2.36. The number of halogens is 1. The number of aromatic nitrogens is 2. The molecule has 0 radical (unpaired) electrons. The molecule has 0 aliphatic carbocycles. The largest absolute Gasteiger partial charge is 0.421 e. The van der Waals surface area contributed by atoms with Crippen molar-refractivity contribution in [3.63, 3.8) is 0 Å². The van der Waals surface area contributed by atoms with E-state index in [1.807, 2.05) is 0 Å². The van der Waals surface area contributed by atoms with E-state index in [1.165, 1.54) is 13.0 Å². The van der Waals surface area contributed by atoms with Crippen molar-refractivity contribution in [2.75, 3.05) is 5.32 Å².